The first-order valence-electron chi connectivity index (χ1n) is 2.42. The Kier molecular flexibility index (Phi) is 3.30. The van der Waals surface area contributed by atoms with E-state index in [-0.39, 0.29) is 0 Å². The number of hydrogen-bond acceptors (Lipinski definition) is 5. The molecule has 0 aromatic rings. The quantitative estimate of drug-likeness (QED) is 0.255. The second-order valence-corrected chi connectivity index (χ2v) is 1.93. The van der Waals surface area contributed by atoms with Gasteiger partial charge in [-0.25, -0.2) is 4.79 Å². The Balaban J connectivity index is 4.34. The van der Waals surface area contributed by atoms with E-state index >= 15 is 0 Å². The molecule has 11 heavy (non-hydrogen) atoms. The van der Waals surface area contributed by atoms with E-state index in [2.05, 4.69) is 17.1 Å². The Morgan fingerprint density at radius 3 is 2.00 bits per heavy atom. The third kappa shape index (κ3) is 2.74. The molecule has 1 atom stereocenters. The zero-order valence-corrected chi connectivity index (χ0v) is 6.12. The minimum atomic E-state index is -2.76. The summed E-state index contributed by atoms with van der Waals surface area (Å²) >= 11 is 3.02. The first kappa shape index (κ1) is 10.2. The summed E-state index contributed by atoms with van der Waals surface area (Å²) in [5.41, 5.74) is 0. The largest absolute Gasteiger partial charge is 0.481 e. The van der Waals surface area contributed by atoms with Crippen LogP contribution in [0.3, 0.4) is 0 Å². The van der Waals surface area contributed by atoms with Gasteiger partial charge >= 0.3 is 11.9 Å². The molecule has 0 saturated carbocycles. The molecule has 0 aromatic carbocycles. The van der Waals surface area contributed by atoms with Crippen LogP contribution in [0.4, 0.5) is 0 Å². The summed E-state index contributed by atoms with van der Waals surface area (Å²) in [5, 5.41) is 25.1. The number of carboxylic acids is 2. The lowest BCUT2D eigenvalue weighted by atomic mass is 10.2. The van der Waals surface area contributed by atoms with E-state index in [1.54, 1.807) is 0 Å². The van der Waals surface area contributed by atoms with Crippen molar-refractivity contribution in [2.75, 3.05) is 0 Å². The molecule has 0 bridgehead atoms. The fourth-order valence-corrected chi connectivity index (χ4v) is 0.495. The summed E-state index contributed by atoms with van der Waals surface area (Å²) in [6.07, 6.45) is -1.06. The van der Waals surface area contributed by atoms with Gasteiger partial charge in [-0.05, 0) is 12.9 Å². The molecule has 0 aliphatic heterocycles. The summed E-state index contributed by atoms with van der Waals surface area (Å²) in [6, 6.07) is 0. The maximum atomic E-state index is 10.1. The van der Waals surface area contributed by atoms with Crippen LogP contribution in [0.25, 0.3) is 0 Å². The van der Waals surface area contributed by atoms with Crippen LogP contribution in [0.15, 0.2) is 0 Å². The summed E-state index contributed by atoms with van der Waals surface area (Å²) < 4.78 is 3.78. The van der Waals surface area contributed by atoms with Crippen LogP contribution in [0.2, 0.25) is 0 Å². The molecule has 0 heterocycles. The molecule has 0 aromatic heterocycles. The summed E-state index contributed by atoms with van der Waals surface area (Å²) in [7, 11) is 0. The van der Waals surface area contributed by atoms with E-state index in [9.17, 15) is 9.59 Å². The molecule has 0 fully saturated rings. The van der Waals surface area contributed by atoms with Crippen LogP contribution in [0.5, 0.6) is 0 Å². The Hall–Kier alpha value is -0.790. The van der Waals surface area contributed by atoms with Crippen molar-refractivity contribution in [3.63, 3.8) is 0 Å². The molecule has 6 nitrogen and oxygen atoms in total. The molecule has 7 heteroatoms. The van der Waals surface area contributed by atoms with Crippen LogP contribution >= 0.6 is 12.9 Å². The average Bonchev–Trinajstić information content (AvgIpc) is 1.86. The van der Waals surface area contributed by atoms with Gasteiger partial charge in [-0.1, -0.05) is 0 Å². The predicted octanol–water partition coefficient (Wildman–Crippen LogP) is -0.904. The minimum absolute atomic E-state index is 1.06. The fraction of sp³-hybridized carbons (Fsp3) is 0.500. The topological polar surface area (TPSA) is 104 Å². The van der Waals surface area contributed by atoms with Gasteiger partial charge in [0.25, 0.3) is 5.79 Å². The van der Waals surface area contributed by atoms with Crippen molar-refractivity contribution < 1.29 is 29.1 Å². The van der Waals surface area contributed by atoms with Crippen LogP contribution < -0.4 is 0 Å². The number of thiol groups is 1. The molecule has 64 valence electrons. The van der Waals surface area contributed by atoms with Crippen LogP contribution in [0.1, 0.15) is 6.42 Å². The summed E-state index contributed by atoms with van der Waals surface area (Å²) in [5.74, 6) is -6.05. The molecule has 0 aliphatic carbocycles. The van der Waals surface area contributed by atoms with Crippen molar-refractivity contribution in [3.8, 4) is 0 Å². The number of aliphatic carboxylic acids is 2. The molecule has 0 amide bonds. The maximum absolute atomic E-state index is 10.1. The van der Waals surface area contributed by atoms with Crippen LogP contribution in [-0.4, -0.2) is 33.0 Å². The van der Waals surface area contributed by atoms with Gasteiger partial charge < -0.3 is 15.3 Å². The van der Waals surface area contributed by atoms with Crippen molar-refractivity contribution >= 4 is 24.8 Å². The summed E-state index contributed by atoms with van der Waals surface area (Å²) in [6.45, 7) is 0. The van der Waals surface area contributed by atoms with E-state index in [0.29, 0.717) is 0 Å². The maximum Gasteiger partial charge on any atom is 0.365 e. The third-order valence-electron chi connectivity index (χ3n) is 0.876. The van der Waals surface area contributed by atoms with Crippen LogP contribution in [0, 0.1) is 0 Å². The summed E-state index contributed by atoms with van der Waals surface area (Å²) in [4.78, 5) is 20.0. The highest BCUT2D eigenvalue weighted by Crippen LogP contribution is 2.14. The molecule has 0 saturated heterocycles. The zero-order chi connectivity index (χ0) is 9.07. The lowest BCUT2D eigenvalue weighted by Gasteiger charge is -2.16. The van der Waals surface area contributed by atoms with Crippen LogP contribution in [-0.2, 0) is 13.8 Å². The lowest BCUT2D eigenvalue weighted by molar-refractivity contribution is -0.195. The Labute approximate surface area is 67.0 Å². The molecule has 0 spiro atoms. The Morgan fingerprint density at radius 2 is 1.91 bits per heavy atom. The van der Waals surface area contributed by atoms with E-state index in [1.807, 2.05) is 0 Å². The van der Waals surface area contributed by atoms with Crippen molar-refractivity contribution in [3.05, 3.63) is 0 Å². The van der Waals surface area contributed by atoms with Crippen molar-refractivity contribution in [2.24, 2.45) is 0 Å². The highest BCUT2D eigenvalue weighted by Gasteiger charge is 2.39. The second kappa shape index (κ2) is 3.56. The molecular formula is C4H6O6S. The Bertz CT molecular complexity index is 179. The lowest BCUT2D eigenvalue weighted by Crippen LogP contribution is -2.41. The average molecular weight is 182 g/mol. The highest BCUT2D eigenvalue weighted by molar-refractivity contribution is 7.75. The van der Waals surface area contributed by atoms with Gasteiger partial charge in [0.2, 0.25) is 0 Å². The Morgan fingerprint density at radius 1 is 1.45 bits per heavy atom. The van der Waals surface area contributed by atoms with Crippen molar-refractivity contribution in [2.45, 2.75) is 12.2 Å². The van der Waals surface area contributed by atoms with Gasteiger partial charge in [0.05, 0.1) is 0 Å². The van der Waals surface area contributed by atoms with Gasteiger partial charge in [-0.15, -0.1) is 0 Å². The van der Waals surface area contributed by atoms with E-state index in [1.165, 1.54) is 0 Å². The van der Waals surface area contributed by atoms with Gasteiger partial charge in [-0.3, -0.25) is 8.98 Å². The molecule has 1 unspecified atom stereocenters. The van der Waals surface area contributed by atoms with Gasteiger partial charge in [0.1, 0.15) is 6.42 Å². The fourth-order valence-electron chi connectivity index (χ4n) is 0.352. The zero-order valence-electron chi connectivity index (χ0n) is 5.22. The standard InChI is InChI=1S/C4H6O6S/c5-2(6)1-4(9,10-11)3(7)8/h9,11H,1H2,(H,5,6)(H,7,8). The third-order valence-corrected chi connectivity index (χ3v) is 1.18. The number of hydrogen-bond donors (Lipinski definition) is 4. The van der Waals surface area contributed by atoms with Gasteiger partial charge in [-0.2, -0.15) is 0 Å². The minimum Gasteiger partial charge on any atom is -0.481 e. The van der Waals surface area contributed by atoms with E-state index in [4.69, 9.17) is 15.3 Å². The van der Waals surface area contributed by atoms with E-state index in [0.717, 1.165) is 0 Å². The monoisotopic (exact) mass is 182 g/mol. The number of carbonyl (C=O) groups is 2. The number of carboxylic acid groups (broad SMARTS) is 2. The SMILES string of the molecule is O=C(O)CC(O)(OS)C(=O)O. The molecule has 0 aliphatic rings. The number of aliphatic hydroxyl groups is 1. The smallest absolute Gasteiger partial charge is 0.365 e. The number of rotatable bonds is 4. The second-order valence-electron chi connectivity index (χ2n) is 1.75. The predicted molar refractivity (Wildman–Crippen MR) is 34.9 cm³/mol. The first-order valence-corrected chi connectivity index (χ1v) is 2.79. The normalized spacial score (nSPS) is 15.5. The molecule has 3 N–H and O–H groups in total. The molecular weight excluding hydrogens is 176 g/mol. The van der Waals surface area contributed by atoms with E-state index < -0.39 is 24.1 Å². The van der Waals surface area contributed by atoms with Gasteiger partial charge in [0, 0.05) is 0 Å². The van der Waals surface area contributed by atoms with Crippen molar-refractivity contribution in [1.29, 1.82) is 0 Å². The first-order chi connectivity index (χ1) is 4.92. The highest BCUT2D eigenvalue weighted by atomic mass is 32.1. The van der Waals surface area contributed by atoms with Gasteiger partial charge in [0.15, 0.2) is 0 Å². The van der Waals surface area contributed by atoms with Crippen molar-refractivity contribution in [1.82, 2.24) is 0 Å². The molecule has 0 rings (SSSR count). The molecule has 0 radical (unpaired) electrons.